The van der Waals surface area contributed by atoms with Crippen LogP contribution in [0.25, 0.3) is 11.0 Å². The minimum atomic E-state index is 0.702. The van der Waals surface area contributed by atoms with E-state index in [1.54, 1.807) is 18.6 Å². The van der Waals surface area contributed by atoms with Crippen LogP contribution in [-0.4, -0.2) is 16.2 Å². The van der Waals surface area contributed by atoms with Crippen molar-refractivity contribution in [3.63, 3.8) is 0 Å². The third-order valence-corrected chi connectivity index (χ3v) is 2.95. The van der Waals surface area contributed by atoms with E-state index in [2.05, 4.69) is 32.6 Å². The van der Waals surface area contributed by atoms with Crippen molar-refractivity contribution in [2.45, 2.75) is 6.54 Å². The van der Waals surface area contributed by atoms with Gasteiger partial charge in [-0.2, -0.15) is 5.10 Å². The van der Waals surface area contributed by atoms with Gasteiger partial charge < -0.3 is 5.43 Å². The first-order chi connectivity index (χ1) is 9.93. The molecule has 4 heteroatoms. The molecule has 3 aromatic rings. The average Bonchev–Trinajstić information content (AvgIpc) is 2.53. The standard InChI is InChI=1S/C16H14N4/c1-2-5-13(6-3-1)11-19-20-12-14-7-4-8-15-16(14)18-10-9-17-15/h1-10,12,19H,11H2. The van der Waals surface area contributed by atoms with Gasteiger partial charge in [0.2, 0.25) is 0 Å². The van der Waals surface area contributed by atoms with Gasteiger partial charge in [0.15, 0.2) is 0 Å². The largest absolute Gasteiger partial charge is 0.306 e. The third-order valence-electron chi connectivity index (χ3n) is 2.95. The summed E-state index contributed by atoms with van der Waals surface area (Å²) in [6, 6.07) is 16.0. The highest BCUT2D eigenvalue weighted by Crippen LogP contribution is 2.11. The number of rotatable bonds is 4. The Balaban J connectivity index is 1.72. The highest BCUT2D eigenvalue weighted by atomic mass is 15.3. The van der Waals surface area contributed by atoms with E-state index in [0.717, 1.165) is 16.6 Å². The van der Waals surface area contributed by atoms with Crippen molar-refractivity contribution in [3.8, 4) is 0 Å². The summed E-state index contributed by atoms with van der Waals surface area (Å²) in [7, 11) is 0. The Labute approximate surface area is 117 Å². The van der Waals surface area contributed by atoms with Gasteiger partial charge in [-0.3, -0.25) is 9.97 Å². The fraction of sp³-hybridized carbons (Fsp3) is 0.0625. The predicted octanol–water partition coefficient (Wildman–Crippen LogP) is 2.75. The maximum Gasteiger partial charge on any atom is 0.0975 e. The van der Waals surface area contributed by atoms with Gasteiger partial charge >= 0.3 is 0 Å². The van der Waals surface area contributed by atoms with E-state index in [-0.39, 0.29) is 0 Å². The van der Waals surface area contributed by atoms with Crippen LogP contribution < -0.4 is 5.43 Å². The molecule has 0 aliphatic rings. The van der Waals surface area contributed by atoms with E-state index < -0.39 is 0 Å². The number of aromatic nitrogens is 2. The third kappa shape index (κ3) is 2.80. The van der Waals surface area contributed by atoms with E-state index in [1.165, 1.54) is 5.56 Å². The van der Waals surface area contributed by atoms with Crippen LogP contribution in [0, 0.1) is 0 Å². The lowest BCUT2D eigenvalue weighted by Crippen LogP contribution is -2.05. The Bertz CT molecular complexity index is 717. The fourth-order valence-electron chi connectivity index (χ4n) is 1.97. The van der Waals surface area contributed by atoms with Gasteiger partial charge in [0.25, 0.3) is 0 Å². The Morgan fingerprint density at radius 1 is 0.950 bits per heavy atom. The summed E-state index contributed by atoms with van der Waals surface area (Å²) in [6.07, 6.45) is 5.16. The number of hydrogen-bond acceptors (Lipinski definition) is 4. The van der Waals surface area contributed by atoms with E-state index in [0.29, 0.717) is 6.54 Å². The molecule has 0 aliphatic carbocycles. The number of hydrazone groups is 1. The van der Waals surface area contributed by atoms with Crippen LogP contribution in [0.3, 0.4) is 0 Å². The van der Waals surface area contributed by atoms with Crippen molar-refractivity contribution >= 4 is 17.2 Å². The predicted molar refractivity (Wildman–Crippen MR) is 80.4 cm³/mol. The van der Waals surface area contributed by atoms with Gasteiger partial charge in [-0.05, 0) is 11.6 Å². The van der Waals surface area contributed by atoms with Crippen LogP contribution in [0.4, 0.5) is 0 Å². The topological polar surface area (TPSA) is 50.2 Å². The van der Waals surface area contributed by atoms with Crippen LogP contribution in [-0.2, 0) is 6.54 Å². The minimum absolute atomic E-state index is 0.702. The lowest BCUT2D eigenvalue weighted by Gasteiger charge is -2.01. The van der Waals surface area contributed by atoms with Gasteiger partial charge in [-0.1, -0.05) is 42.5 Å². The molecule has 4 nitrogen and oxygen atoms in total. The van der Waals surface area contributed by atoms with Crippen molar-refractivity contribution in [2.75, 3.05) is 0 Å². The Morgan fingerprint density at radius 3 is 2.70 bits per heavy atom. The van der Waals surface area contributed by atoms with Crippen LogP contribution in [0.5, 0.6) is 0 Å². The molecular weight excluding hydrogens is 248 g/mol. The van der Waals surface area contributed by atoms with Gasteiger partial charge in [-0.25, -0.2) is 0 Å². The fourth-order valence-corrected chi connectivity index (χ4v) is 1.97. The molecule has 0 amide bonds. The second kappa shape index (κ2) is 5.93. The Kier molecular flexibility index (Phi) is 3.64. The molecule has 98 valence electrons. The molecular formula is C16H14N4. The molecule has 1 aromatic heterocycles. The summed E-state index contributed by atoms with van der Waals surface area (Å²) in [5.41, 5.74) is 6.92. The van der Waals surface area contributed by atoms with Crippen molar-refractivity contribution in [1.29, 1.82) is 0 Å². The normalized spacial score (nSPS) is 11.0. The second-order valence-corrected chi connectivity index (χ2v) is 4.35. The average molecular weight is 262 g/mol. The zero-order valence-corrected chi connectivity index (χ0v) is 10.9. The highest BCUT2D eigenvalue weighted by Gasteiger charge is 1.99. The van der Waals surface area contributed by atoms with Crippen molar-refractivity contribution in [3.05, 3.63) is 72.1 Å². The molecule has 1 heterocycles. The minimum Gasteiger partial charge on any atom is -0.306 e. The summed E-state index contributed by atoms with van der Waals surface area (Å²) in [5.74, 6) is 0. The molecule has 0 saturated carbocycles. The smallest absolute Gasteiger partial charge is 0.0975 e. The first-order valence-corrected chi connectivity index (χ1v) is 6.43. The monoisotopic (exact) mass is 262 g/mol. The molecule has 0 spiro atoms. The van der Waals surface area contributed by atoms with Crippen LogP contribution >= 0.6 is 0 Å². The van der Waals surface area contributed by atoms with Gasteiger partial charge in [0.1, 0.15) is 0 Å². The van der Waals surface area contributed by atoms with Crippen molar-refractivity contribution in [1.82, 2.24) is 15.4 Å². The summed E-state index contributed by atoms with van der Waals surface area (Å²) in [5, 5.41) is 4.24. The molecule has 3 rings (SSSR count). The van der Waals surface area contributed by atoms with Crippen molar-refractivity contribution in [2.24, 2.45) is 5.10 Å². The lowest BCUT2D eigenvalue weighted by molar-refractivity contribution is 0.748. The first kappa shape index (κ1) is 12.3. The first-order valence-electron chi connectivity index (χ1n) is 6.43. The van der Waals surface area contributed by atoms with E-state index in [9.17, 15) is 0 Å². The van der Waals surface area contributed by atoms with Crippen LogP contribution in [0.2, 0.25) is 0 Å². The van der Waals surface area contributed by atoms with Crippen LogP contribution in [0.15, 0.2) is 66.0 Å². The SMILES string of the molecule is C(=NNCc1ccccc1)c1cccc2nccnc12. The molecule has 0 saturated heterocycles. The van der Waals surface area contributed by atoms with E-state index >= 15 is 0 Å². The maximum atomic E-state index is 4.34. The van der Waals surface area contributed by atoms with Gasteiger partial charge in [0.05, 0.1) is 23.8 Å². The van der Waals surface area contributed by atoms with E-state index in [1.807, 2.05) is 36.4 Å². The van der Waals surface area contributed by atoms with E-state index in [4.69, 9.17) is 0 Å². The zero-order chi connectivity index (χ0) is 13.6. The quantitative estimate of drug-likeness (QED) is 0.581. The number of nitrogens with one attached hydrogen (secondary N) is 1. The van der Waals surface area contributed by atoms with Crippen molar-refractivity contribution < 1.29 is 0 Å². The number of nitrogens with zero attached hydrogens (tertiary/aromatic N) is 3. The molecule has 0 fully saturated rings. The maximum absolute atomic E-state index is 4.34. The highest BCUT2D eigenvalue weighted by molar-refractivity contribution is 5.95. The number of fused-ring (bicyclic) bond motifs is 1. The second-order valence-electron chi connectivity index (χ2n) is 4.35. The number of benzene rings is 2. The summed E-state index contributed by atoms with van der Waals surface area (Å²) >= 11 is 0. The summed E-state index contributed by atoms with van der Waals surface area (Å²) in [6.45, 7) is 0.702. The summed E-state index contributed by atoms with van der Waals surface area (Å²) < 4.78 is 0. The molecule has 0 aliphatic heterocycles. The Hall–Kier alpha value is -2.75. The van der Waals surface area contributed by atoms with Gasteiger partial charge in [0, 0.05) is 18.0 Å². The Morgan fingerprint density at radius 2 is 1.80 bits per heavy atom. The molecule has 0 radical (unpaired) electrons. The van der Waals surface area contributed by atoms with Gasteiger partial charge in [-0.15, -0.1) is 0 Å². The molecule has 1 N–H and O–H groups in total. The lowest BCUT2D eigenvalue weighted by atomic mass is 10.2. The molecule has 0 bridgehead atoms. The number of hydrogen-bond donors (Lipinski definition) is 1. The molecule has 2 aromatic carbocycles. The molecule has 20 heavy (non-hydrogen) atoms. The zero-order valence-electron chi connectivity index (χ0n) is 10.9. The molecule has 0 unspecified atom stereocenters. The molecule has 0 atom stereocenters. The summed E-state index contributed by atoms with van der Waals surface area (Å²) in [4.78, 5) is 8.61. The van der Waals surface area contributed by atoms with Crippen LogP contribution in [0.1, 0.15) is 11.1 Å². The number of para-hydroxylation sites is 1.